The van der Waals surface area contributed by atoms with Crippen LogP contribution in [0.1, 0.15) is 57.8 Å². The van der Waals surface area contributed by atoms with Gasteiger partial charge in [0.15, 0.2) is 12.2 Å². The molecule has 1 aliphatic carbocycles. The Hall–Kier alpha value is -2.87. The Kier molecular flexibility index (Phi) is 8.13. The molecule has 1 aliphatic heterocycles. The highest BCUT2D eigenvalue weighted by atomic mass is 35.5. The predicted octanol–water partition coefficient (Wildman–Crippen LogP) is 4.71. The van der Waals surface area contributed by atoms with Crippen molar-refractivity contribution in [1.29, 1.82) is 0 Å². The second-order valence-corrected chi connectivity index (χ2v) is 10.6. The summed E-state index contributed by atoms with van der Waals surface area (Å²) < 4.78 is 11.2. The standard InChI is InChI=1S/C29H34ClN3O4/c1-19-27(37-18-32-19)17-36-26-9-8-23-15-33(11-10-25(23)28(26)30)16-24(34)14-31-29(35)22-7-3-6-21(13-22)12-20-4-2-5-20/h3,6-9,13,18,20,24,34H,2,4-5,10-12,14-17H2,1H3,(H,31,35)/t24-/m0/s1. The van der Waals surface area contributed by atoms with Crippen LogP contribution in [0.25, 0.3) is 0 Å². The van der Waals surface area contributed by atoms with Crippen LogP contribution in [0.15, 0.2) is 47.2 Å². The van der Waals surface area contributed by atoms with Gasteiger partial charge in [-0.15, -0.1) is 0 Å². The van der Waals surface area contributed by atoms with Crippen LogP contribution in [0.5, 0.6) is 5.75 Å². The summed E-state index contributed by atoms with van der Waals surface area (Å²) in [6.07, 6.45) is 6.44. The molecule has 2 N–H and O–H groups in total. The lowest BCUT2D eigenvalue weighted by atomic mass is 9.81. The van der Waals surface area contributed by atoms with Crippen LogP contribution in [0.4, 0.5) is 0 Å². The number of aromatic nitrogens is 1. The van der Waals surface area contributed by atoms with Gasteiger partial charge in [-0.2, -0.15) is 0 Å². The smallest absolute Gasteiger partial charge is 0.251 e. The maximum Gasteiger partial charge on any atom is 0.251 e. The molecule has 1 amide bonds. The summed E-state index contributed by atoms with van der Waals surface area (Å²) in [5.74, 6) is 1.93. The average Bonchev–Trinajstić information content (AvgIpc) is 3.29. The van der Waals surface area contributed by atoms with Gasteiger partial charge in [0.25, 0.3) is 5.91 Å². The number of aliphatic hydroxyl groups is 1. The lowest BCUT2D eigenvalue weighted by Crippen LogP contribution is -2.42. The largest absolute Gasteiger partial charge is 0.484 e. The molecule has 2 heterocycles. The number of β-amino-alcohol motifs (C(OH)–C–C–N with tert-alkyl or cyclic N) is 1. The number of aliphatic hydroxyl groups excluding tert-OH is 1. The minimum atomic E-state index is -0.660. The third-order valence-electron chi connectivity index (χ3n) is 7.49. The molecule has 37 heavy (non-hydrogen) atoms. The highest BCUT2D eigenvalue weighted by Gasteiger charge is 2.23. The van der Waals surface area contributed by atoms with E-state index in [1.807, 2.05) is 37.3 Å². The zero-order chi connectivity index (χ0) is 25.8. The Balaban J connectivity index is 1.10. The Morgan fingerprint density at radius 2 is 2.19 bits per heavy atom. The van der Waals surface area contributed by atoms with E-state index in [1.165, 1.54) is 31.2 Å². The minimum absolute atomic E-state index is 0.140. The normalized spacial score (nSPS) is 16.6. The Morgan fingerprint density at radius 3 is 2.95 bits per heavy atom. The lowest BCUT2D eigenvalue weighted by molar-refractivity contribution is 0.0841. The number of benzene rings is 2. The summed E-state index contributed by atoms with van der Waals surface area (Å²) in [6.45, 7) is 4.29. The quantitative estimate of drug-likeness (QED) is 0.400. The molecule has 0 unspecified atom stereocenters. The van der Waals surface area contributed by atoms with Gasteiger partial charge in [-0.05, 0) is 60.6 Å². The fourth-order valence-electron chi connectivity index (χ4n) is 5.07. The molecule has 0 radical (unpaired) electrons. The van der Waals surface area contributed by atoms with Crippen molar-refractivity contribution < 1.29 is 19.1 Å². The van der Waals surface area contributed by atoms with Crippen molar-refractivity contribution in [2.75, 3.05) is 19.6 Å². The van der Waals surface area contributed by atoms with Crippen LogP contribution in [0.3, 0.4) is 0 Å². The molecule has 1 atom stereocenters. The van der Waals surface area contributed by atoms with Gasteiger partial charge in [0.05, 0.1) is 16.8 Å². The average molecular weight is 524 g/mol. The Morgan fingerprint density at radius 1 is 1.32 bits per heavy atom. The number of oxazole rings is 1. The summed E-state index contributed by atoms with van der Waals surface area (Å²) in [6, 6.07) is 11.8. The van der Waals surface area contributed by atoms with E-state index in [2.05, 4.69) is 21.3 Å². The number of fused-ring (bicyclic) bond motifs is 1. The molecule has 0 saturated heterocycles. The van der Waals surface area contributed by atoms with Crippen LogP contribution >= 0.6 is 11.6 Å². The number of hydrogen-bond donors (Lipinski definition) is 2. The Labute approximate surface area is 222 Å². The molecular weight excluding hydrogens is 490 g/mol. The molecule has 3 aromatic rings. The van der Waals surface area contributed by atoms with Gasteiger partial charge in [0.2, 0.25) is 0 Å². The third-order valence-corrected chi connectivity index (χ3v) is 7.90. The maximum absolute atomic E-state index is 12.7. The number of ether oxygens (including phenoxy) is 1. The second kappa shape index (κ2) is 11.7. The minimum Gasteiger partial charge on any atom is -0.484 e. The summed E-state index contributed by atoms with van der Waals surface area (Å²) >= 11 is 6.67. The van der Waals surface area contributed by atoms with E-state index in [1.54, 1.807) is 0 Å². The van der Waals surface area contributed by atoms with Gasteiger partial charge in [-0.25, -0.2) is 4.98 Å². The van der Waals surface area contributed by atoms with E-state index in [4.69, 9.17) is 20.8 Å². The number of amides is 1. The number of aryl methyl sites for hydroxylation is 1. The van der Waals surface area contributed by atoms with Gasteiger partial charge >= 0.3 is 0 Å². The van der Waals surface area contributed by atoms with E-state index in [0.29, 0.717) is 35.2 Å². The first kappa shape index (κ1) is 25.8. The molecule has 0 bridgehead atoms. The molecule has 1 fully saturated rings. The zero-order valence-corrected chi connectivity index (χ0v) is 22.0. The fourth-order valence-corrected chi connectivity index (χ4v) is 5.40. The first-order valence-electron chi connectivity index (χ1n) is 13.1. The third kappa shape index (κ3) is 6.35. The Bertz CT molecular complexity index is 1240. The molecular formula is C29H34ClN3O4. The molecule has 5 rings (SSSR count). The van der Waals surface area contributed by atoms with Crippen LogP contribution in [0.2, 0.25) is 5.02 Å². The molecule has 7 nitrogen and oxygen atoms in total. The van der Waals surface area contributed by atoms with Gasteiger partial charge in [-0.1, -0.05) is 49.1 Å². The second-order valence-electron chi connectivity index (χ2n) is 10.2. The van der Waals surface area contributed by atoms with E-state index < -0.39 is 6.10 Å². The molecule has 196 valence electrons. The number of nitrogens with one attached hydrogen (secondary N) is 1. The topological polar surface area (TPSA) is 87.8 Å². The summed E-state index contributed by atoms with van der Waals surface area (Å²) in [4.78, 5) is 18.9. The molecule has 2 aromatic carbocycles. The van der Waals surface area contributed by atoms with Crippen LogP contribution in [-0.2, 0) is 26.0 Å². The summed E-state index contributed by atoms with van der Waals surface area (Å²) in [5.41, 5.74) is 4.87. The number of carbonyl (C=O) groups excluding carboxylic acids is 1. The van der Waals surface area contributed by atoms with Crippen molar-refractivity contribution in [1.82, 2.24) is 15.2 Å². The van der Waals surface area contributed by atoms with E-state index in [9.17, 15) is 9.90 Å². The van der Waals surface area contributed by atoms with Crippen molar-refractivity contribution in [3.63, 3.8) is 0 Å². The first-order chi connectivity index (χ1) is 18.0. The highest BCUT2D eigenvalue weighted by molar-refractivity contribution is 6.33. The maximum atomic E-state index is 12.7. The SMILES string of the molecule is Cc1ncoc1COc1ccc2c(c1Cl)CCN(C[C@@H](O)CNC(=O)c1cccc(CC3CCC3)c1)C2. The molecule has 0 spiro atoms. The van der Waals surface area contributed by atoms with Crippen LogP contribution in [-0.4, -0.2) is 46.6 Å². The molecule has 1 aromatic heterocycles. The number of rotatable bonds is 10. The number of halogens is 1. The summed E-state index contributed by atoms with van der Waals surface area (Å²) in [5, 5.41) is 14.1. The predicted molar refractivity (Wildman–Crippen MR) is 142 cm³/mol. The van der Waals surface area contributed by atoms with Crippen molar-refractivity contribution in [3.05, 3.63) is 81.5 Å². The van der Waals surface area contributed by atoms with Crippen molar-refractivity contribution in [2.45, 2.75) is 58.3 Å². The summed E-state index contributed by atoms with van der Waals surface area (Å²) in [7, 11) is 0. The van der Waals surface area contributed by atoms with Crippen LogP contribution in [0, 0.1) is 12.8 Å². The van der Waals surface area contributed by atoms with Crippen molar-refractivity contribution in [3.8, 4) is 5.75 Å². The highest BCUT2D eigenvalue weighted by Crippen LogP contribution is 2.35. The number of nitrogens with zero attached hydrogens (tertiary/aromatic N) is 2. The lowest BCUT2D eigenvalue weighted by Gasteiger charge is -2.31. The van der Waals surface area contributed by atoms with E-state index in [-0.39, 0.29) is 19.1 Å². The number of carbonyl (C=O) groups is 1. The van der Waals surface area contributed by atoms with Crippen molar-refractivity contribution >= 4 is 17.5 Å². The van der Waals surface area contributed by atoms with Gasteiger partial charge in [0, 0.05) is 31.7 Å². The monoisotopic (exact) mass is 523 g/mol. The van der Waals surface area contributed by atoms with Crippen LogP contribution < -0.4 is 10.1 Å². The van der Waals surface area contributed by atoms with E-state index >= 15 is 0 Å². The number of hydrogen-bond acceptors (Lipinski definition) is 6. The van der Waals surface area contributed by atoms with E-state index in [0.717, 1.165) is 42.1 Å². The van der Waals surface area contributed by atoms with Crippen molar-refractivity contribution in [2.24, 2.45) is 5.92 Å². The van der Waals surface area contributed by atoms with Gasteiger partial charge in [0.1, 0.15) is 12.4 Å². The molecule has 8 heteroatoms. The zero-order valence-electron chi connectivity index (χ0n) is 21.2. The first-order valence-corrected chi connectivity index (χ1v) is 13.4. The molecule has 2 aliphatic rings. The molecule has 1 saturated carbocycles. The fraction of sp³-hybridized carbons (Fsp3) is 0.448. The van der Waals surface area contributed by atoms with Gasteiger partial charge in [-0.3, -0.25) is 9.69 Å². The van der Waals surface area contributed by atoms with Gasteiger partial charge < -0.3 is 19.6 Å².